The Morgan fingerprint density at radius 3 is 2.65 bits per heavy atom. The van der Waals surface area contributed by atoms with Gasteiger partial charge in [-0.1, -0.05) is 6.42 Å². The molecule has 1 aliphatic heterocycles. The van der Waals surface area contributed by atoms with Gasteiger partial charge in [0.15, 0.2) is 0 Å². The van der Waals surface area contributed by atoms with Crippen LogP contribution in [0.4, 0.5) is 5.82 Å². The lowest BCUT2D eigenvalue weighted by Gasteiger charge is -2.29. The molecule has 2 aliphatic rings. The van der Waals surface area contributed by atoms with Crippen LogP contribution in [-0.4, -0.2) is 45.6 Å². The molecule has 1 saturated carbocycles. The fourth-order valence-corrected chi connectivity index (χ4v) is 3.57. The summed E-state index contributed by atoms with van der Waals surface area (Å²) in [6, 6.07) is 4.15. The number of aliphatic hydroxyl groups excluding tert-OH is 1. The van der Waals surface area contributed by atoms with Crippen molar-refractivity contribution < 1.29 is 14.6 Å². The topological polar surface area (TPSA) is 85.5 Å². The van der Waals surface area contributed by atoms with Crippen molar-refractivity contribution in [1.82, 2.24) is 19.7 Å². The highest BCUT2D eigenvalue weighted by Crippen LogP contribution is 2.37. The molecule has 8 nitrogen and oxygen atoms in total. The van der Waals surface area contributed by atoms with E-state index < -0.39 is 6.10 Å². The first-order valence-electron chi connectivity index (χ1n) is 9.14. The van der Waals surface area contributed by atoms with Gasteiger partial charge in [0.25, 0.3) is 0 Å². The molecule has 0 unspecified atom stereocenters. The van der Waals surface area contributed by atoms with Gasteiger partial charge in [-0.3, -0.25) is 4.68 Å². The molecule has 0 aromatic carbocycles. The highest BCUT2D eigenvalue weighted by molar-refractivity contribution is 5.43. The first-order valence-corrected chi connectivity index (χ1v) is 9.14. The number of nitrogens with zero attached hydrogens (tertiary/aromatic N) is 5. The molecular formula is C18H25N5O3. The molecule has 1 fully saturated rings. The van der Waals surface area contributed by atoms with E-state index in [1.54, 1.807) is 14.2 Å². The van der Waals surface area contributed by atoms with E-state index in [-0.39, 0.29) is 6.01 Å². The Morgan fingerprint density at radius 1 is 1.12 bits per heavy atom. The van der Waals surface area contributed by atoms with Crippen LogP contribution in [0, 0.1) is 5.92 Å². The number of hydrogen-bond acceptors (Lipinski definition) is 7. The van der Waals surface area contributed by atoms with Crippen molar-refractivity contribution in [1.29, 1.82) is 0 Å². The van der Waals surface area contributed by atoms with Gasteiger partial charge >= 0.3 is 6.01 Å². The molecule has 1 N–H and O–H groups in total. The van der Waals surface area contributed by atoms with Gasteiger partial charge in [-0.05, 0) is 31.2 Å². The van der Waals surface area contributed by atoms with E-state index in [1.165, 1.54) is 6.42 Å². The zero-order valence-corrected chi connectivity index (χ0v) is 15.3. The SMILES string of the molecule is COc1cc(N2CCCn3nc([C@H](O)C4CCC4)cc3C2)nc(OC)n1. The van der Waals surface area contributed by atoms with E-state index in [0.717, 1.165) is 49.6 Å². The number of ether oxygens (including phenoxy) is 2. The second-order valence-corrected chi connectivity index (χ2v) is 6.95. The lowest BCUT2D eigenvalue weighted by atomic mass is 9.80. The highest BCUT2D eigenvalue weighted by atomic mass is 16.5. The summed E-state index contributed by atoms with van der Waals surface area (Å²) < 4.78 is 12.5. The van der Waals surface area contributed by atoms with Gasteiger partial charge in [-0.25, -0.2) is 0 Å². The highest BCUT2D eigenvalue weighted by Gasteiger charge is 2.30. The number of hydrogen-bond donors (Lipinski definition) is 1. The van der Waals surface area contributed by atoms with Gasteiger partial charge < -0.3 is 19.5 Å². The normalized spacial score (nSPS) is 18.7. The van der Waals surface area contributed by atoms with E-state index in [9.17, 15) is 5.11 Å². The van der Waals surface area contributed by atoms with Crippen LogP contribution >= 0.6 is 0 Å². The second kappa shape index (κ2) is 7.11. The maximum Gasteiger partial charge on any atom is 0.321 e. The summed E-state index contributed by atoms with van der Waals surface area (Å²) in [5.74, 6) is 1.61. The van der Waals surface area contributed by atoms with E-state index >= 15 is 0 Å². The predicted molar refractivity (Wildman–Crippen MR) is 95.3 cm³/mol. The Morgan fingerprint density at radius 2 is 1.96 bits per heavy atom. The Bertz CT molecular complexity index is 752. The number of rotatable bonds is 5. The molecule has 1 atom stereocenters. The molecule has 8 heteroatoms. The van der Waals surface area contributed by atoms with Crippen molar-refractivity contribution in [2.45, 2.75) is 44.9 Å². The molecule has 3 heterocycles. The minimum atomic E-state index is -0.448. The summed E-state index contributed by atoms with van der Waals surface area (Å²) in [5, 5.41) is 15.2. The average molecular weight is 359 g/mol. The largest absolute Gasteiger partial charge is 0.481 e. The minimum absolute atomic E-state index is 0.290. The Hall–Kier alpha value is -2.35. The molecular weight excluding hydrogens is 334 g/mol. The second-order valence-electron chi connectivity index (χ2n) is 6.95. The van der Waals surface area contributed by atoms with Gasteiger partial charge in [0.1, 0.15) is 11.9 Å². The number of aliphatic hydroxyl groups is 1. The fraction of sp³-hybridized carbons (Fsp3) is 0.611. The van der Waals surface area contributed by atoms with Gasteiger partial charge in [0, 0.05) is 19.2 Å². The third-order valence-corrected chi connectivity index (χ3v) is 5.32. The van der Waals surface area contributed by atoms with Crippen LogP contribution in [0.3, 0.4) is 0 Å². The Labute approximate surface area is 152 Å². The number of aromatic nitrogens is 4. The Balaban J connectivity index is 1.58. The maximum absolute atomic E-state index is 10.5. The molecule has 0 spiro atoms. The molecule has 2 aromatic rings. The van der Waals surface area contributed by atoms with Gasteiger partial charge in [0.2, 0.25) is 5.88 Å². The van der Waals surface area contributed by atoms with Gasteiger partial charge in [-0.2, -0.15) is 15.1 Å². The van der Waals surface area contributed by atoms with Crippen LogP contribution in [0.2, 0.25) is 0 Å². The zero-order valence-electron chi connectivity index (χ0n) is 15.3. The summed E-state index contributed by atoms with van der Waals surface area (Å²) in [5.41, 5.74) is 1.89. The number of anilines is 1. The molecule has 140 valence electrons. The zero-order chi connectivity index (χ0) is 18.1. The van der Waals surface area contributed by atoms with Crippen molar-refractivity contribution in [2.24, 2.45) is 5.92 Å². The third-order valence-electron chi connectivity index (χ3n) is 5.32. The molecule has 0 saturated heterocycles. The van der Waals surface area contributed by atoms with E-state index in [2.05, 4.69) is 20.0 Å². The van der Waals surface area contributed by atoms with Crippen LogP contribution in [0.25, 0.3) is 0 Å². The summed E-state index contributed by atoms with van der Waals surface area (Å²) >= 11 is 0. The molecule has 1 aliphatic carbocycles. The molecule has 4 rings (SSSR count). The predicted octanol–water partition coefficient (Wildman–Crippen LogP) is 1.93. The quantitative estimate of drug-likeness (QED) is 0.873. The van der Waals surface area contributed by atoms with Crippen molar-refractivity contribution in [3.63, 3.8) is 0 Å². The van der Waals surface area contributed by atoms with Gasteiger partial charge in [-0.15, -0.1) is 0 Å². The molecule has 26 heavy (non-hydrogen) atoms. The summed E-state index contributed by atoms with van der Waals surface area (Å²) in [6.07, 6.45) is 3.89. The standard InChI is InChI=1S/C18H25N5O3/c1-25-16-10-15(19-18(20-16)26-2)22-7-4-8-23-13(11-22)9-14(21-23)17(24)12-5-3-6-12/h9-10,12,17,24H,3-8,11H2,1-2H3/t17-/m1/s1. The average Bonchev–Trinajstić information content (AvgIpc) is 2.91. The van der Waals surface area contributed by atoms with Crippen LogP contribution < -0.4 is 14.4 Å². The first-order chi connectivity index (χ1) is 12.7. The first kappa shape index (κ1) is 17.1. The monoisotopic (exact) mass is 359 g/mol. The molecule has 0 amide bonds. The van der Waals surface area contributed by atoms with Crippen LogP contribution in [0.15, 0.2) is 12.1 Å². The maximum atomic E-state index is 10.5. The smallest absolute Gasteiger partial charge is 0.321 e. The van der Waals surface area contributed by atoms with E-state index in [1.807, 2.05) is 16.8 Å². The minimum Gasteiger partial charge on any atom is -0.481 e. The van der Waals surface area contributed by atoms with Crippen LogP contribution in [0.5, 0.6) is 11.9 Å². The molecule has 0 radical (unpaired) electrons. The van der Waals surface area contributed by atoms with Crippen LogP contribution in [0.1, 0.15) is 43.2 Å². The summed E-state index contributed by atoms with van der Waals surface area (Å²) in [7, 11) is 3.13. The Kier molecular flexibility index (Phi) is 4.67. The van der Waals surface area contributed by atoms with Crippen molar-refractivity contribution in [2.75, 3.05) is 25.7 Å². The number of aryl methyl sites for hydroxylation is 1. The fourth-order valence-electron chi connectivity index (χ4n) is 3.57. The van der Waals surface area contributed by atoms with Crippen molar-refractivity contribution >= 4 is 5.82 Å². The van der Waals surface area contributed by atoms with Crippen molar-refractivity contribution in [3.05, 3.63) is 23.5 Å². The van der Waals surface area contributed by atoms with Crippen LogP contribution in [-0.2, 0) is 13.1 Å². The van der Waals surface area contributed by atoms with Gasteiger partial charge in [0.05, 0.1) is 32.2 Å². The van der Waals surface area contributed by atoms with Crippen molar-refractivity contribution in [3.8, 4) is 11.9 Å². The van der Waals surface area contributed by atoms with E-state index in [4.69, 9.17) is 9.47 Å². The summed E-state index contributed by atoms with van der Waals surface area (Å²) in [6.45, 7) is 2.36. The third kappa shape index (κ3) is 3.21. The number of fused-ring (bicyclic) bond motifs is 1. The molecule has 2 aromatic heterocycles. The lowest BCUT2D eigenvalue weighted by Crippen LogP contribution is -2.24. The van der Waals surface area contributed by atoms with E-state index in [0.29, 0.717) is 18.3 Å². The molecule has 0 bridgehead atoms. The summed E-state index contributed by atoms with van der Waals surface area (Å²) in [4.78, 5) is 10.8. The lowest BCUT2D eigenvalue weighted by molar-refractivity contribution is 0.0581. The number of methoxy groups -OCH3 is 2.